The van der Waals surface area contributed by atoms with Crippen molar-refractivity contribution in [1.29, 1.82) is 0 Å². The fourth-order valence-electron chi connectivity index (χ4n) is 1.38. The van der Waals surface area contributed by atoms with Crippen LogP contribution >= 0.6 is 0 Å². The van der Waals surface area contributed by atoms with Crippen LogP contribution in [-0.2, 0) is 0 Å². The molecular formula is C10H11FN2O2. The molecule has 4 nitrogen and oxygen atoms in total. The zero-order chi connectivity index (χ0) is 11.0. The Morgan fingerprint density at radius 1 is 1.53 bits per heavy atom. The van der Waals surface area contributed by atoms with Gasteiger partial charge in [0.25, 0.3) is 5.69 Å². The molecule has 80 valence electrons. The number of nitrogens with one attached hydrogen (secondary N) is 1. The zero-order valence-electron chi connectivity index (χ0n) is 8.29. The van der Waals surface area contributed by atoms with Crippen LogP contribution in [0.25, 0.3) is 0 Å². The number of rotatable bonds is 3. The molecule has 0 bridgehead atoms. The lowest BCUT2D eigenvalue weighted by atomic mass is 10.2. The van der Waals surface area contributed by atoms with Crippen molar-refractivity contribution >= 4 is 11.4 Å². The summed E-state index contributed by atoms with van der Waals surface area (Å²) in [6, 6.07) is 2.73. The average Bonchev–Trinajstić information content (AvgIpc) is 2.94. The molecule has 0 spiro atoms. The predicted molar refractivity (Wildman–Crippen MR) is 54.4 cm³/mol. The van der Waals surface area contributed by atoms with Crippen molar-refractivity contribution < 1.29 is 9.31 Å². The van der Waals surface area contributed by atoms with Crippen molar-refractivity contribution in [2.75, 3.05) is 5.32 Å². The molecule has 0 unspecified atom stereocenters. The van der Waals surface area contributed by atoms with Gasteiger partial charge in [0, 0.05) is 18.2 Å². The summed E-state index contributed by atoms with van der Waals surface area (Å²) in [6.45, 7) is 1.52. The summed E-state index contributed by atoms with van der Waals surface area (Å²) >= 11 is 0. The molecule has 0 saturated heterocycles. The van der Waals surface area contributed by atoms with Crippen LogP contribution in [0.1, 0.15) is 18.4 Å². The van der Waals surface area contributed by atoms with Gasteiger partial charge in [-0.2, -0.15) is 0 Å². The van der Waals surface area contributed by atoms with Gasteiger partial charge in [-0.15, -0.1) is 0 Å². The SMILES string of the molecule is Cc1cc([N+](=O)[O-])c(NC2CC2)cc1F. The van der Waals surface area contributed by atoms with Gasteiger partial charge in [0.15, 0.2) is 0 Å². The van der Waals surface area contributed by atoms with Gasteiger partial charge in [-0.05, 0) is 25.3 Å². The predicted octanol–water partition coefficient (Wildman–Crippen LogP) is 2.62. The van der Waals surface area contributed by atoms with E-state index in [2.05, 4.69) is 5.32 Å². The third-order valence-corrected chi connectivity index (χ3v) is 2.41. The maximum Gasteiger partial charge on any atom is 0.292 e. The second kappa shape index (κ2) is 3.49. The lowest BCUT2D eigenvalue weighted by molar-refractivity contribution is -0.384. The molecule has 1 aliphatic carbocycles. The van der Waals surface area contributed by atoms with E-state index >= 15 is 0 Å². The van der Waals surface area contributed by atoms with Gasteiger partial charge in [0.1, 0.15) is 11.5 Å². The molecular weight excluding hydrogens is 199 g/mol. The van der Waals surface area contributed by atoms with Crippen LogP contribution in [0, 0.1) is 22.9 Å². The highest BCUT2D eigenvalue weighted by Gasteiger charge is 2.25. The van der Waals surface area contributed by atoms with Gasteiger partial charge in [0.05, 0.1) is 4.92 Å². The van der Waals surface area contributed by atoms with Crippen LogP contribution in [0.2, 0.25) is 0 Å². The maximum absolute atomic E-state index is 13.2. The summed E-state index contributed by atoms with van der Waals surface area (Å²) in [7, 11) is 0. The van der Waals surface area contributed by atoms with Crippen LogP contribution in [0.5, 0.6) is 0 Å². The normalized spacial score (nSPS) is 15.1. The first-order chi connectivity index (χ1) is 7.08. The van der Waals surface area contributed by atoms with E-state index in [0.29, 0.717) is 5.56 Å². The number of anilines is 1. The van der Waals surface area contributed by atoms with Gasteiger partial charge in [0.2, 0.25) is 0 Å². The Morgan fingerprint density at radius 3 is 2.73 bits per heavy atom. The molecule has 1 aromatic rings. The molecule has 1 fully saturated rings. The quantitative estimate of drug-likeness (QED) is 0.616. The number of hydrogen-bond donors (Lipinski definition) is 1. The third-order valence-electron chi connectivity index (χ3n) is 2.41. The third kappa shape index (κ3) is 2.06. The van der Waals surface area contributed by atoms with Crippen molar-refractivity contribution in [2.24, 2.45) is 0 Å². The Morgan fingerprint density at radius 2 is 2.20 bits per heavy atom. The second-order valence-corrected chi connectivity index (χ2v) is 3.79. The molecule has 1 N–H and O–H groups in total. The minimum Gasteiger partial charge on any atom is -0.377 e. The van der Waals surface area contributed by atoms with Crippen molar-refractivity contribution in [1.82, 2.24) is 0 Å². The van der Waals surface area contributed by atoms with Crippen LogP contribution in [-0.4, -0.2) is 11.0 Å². The van der Waals surface area contributed by atoms with Gasteiger partial charge in [-0.1, -0.05) is 0 Å². The average molecular weight is 210 g/mol. The van der Waals surface area contributed by atoms with Crippen LogP contribution in [0.3, 0.4) is 0 Å². The first-order valence-electron chi connectivity index (χ1n) is 4.79. The minimum absolute atomic E-state index is 0.0548. The molecule has 0 atom stereocenters. The van der Waals surface area contributed by atoms with E-state index in [1.165, 1.54) is 19.1 Å². The monoisotopic (exact) mass is 210 g/mol. The van der Waals surface area contributed by atoms with Gasteiger partial charge in [-0.25, -0.2) is 4.39 Å². The van der Waals surface area contributed by atoms with E-state index < -0.39 is 10.7 Å². The summed E-state index contributed by atoms with van der Waals surface area (Å²) < 4.78 is 13.2. The highest BCUT2D eigenvalue weighted by atomic mass is 19.1. The lowest BCUT2D eigenvalue weighted by Crippen LogP contribution is -2.05. The largest absolute Gasteiger partial charge is 0.377 e. The van der Waals surface area contributed by atoms with Crippen LogP contribution in [0.15, 0.2) is 12.1 Å². The summed E-state index contributed by atoms with van der Waals surface area (Å²) in [5.74, 6) is -0.413. The number of benzene rings is 1. The van der Waals surface area contributed by atoms with Gasteiger partial charge >= 0.3 is 0 Å². The highest BCUT2D eigenvalue weighted by Crippen LogP contribution is 2.32. The van der Waals surface area contributed by atoms with Gasteiger partial charge in [-0.3, -0.25) is 10.1 Å². The van der Waals surface area contributed by atoms with E-state index in [9.17, 15) is 14.5 Å². The van der Waals surface area contributed by atoms with E-state index in [1.807, 2.05) is 0 Å². The smallest absolute Gasteiger partial charge is 0.292 e. The Balaban J connectivity index is 2.39. The molecule has 1 aliphatic rings. The Kier molecular flexibility index (Phi) is 2.30. The maximum atomic E-state index is 13.2. The van der Waals surface area contributed by atoms with Crippen molar-refractivity contribution in [3.63, 3.8) is 0 Å². The summed E-state index contributed by atoms with van der Waals surface area (Å²) in [5.41, 5.74) is 0.523. The number of nitro groups is 1. The van der Waals surface area contributed by atoms with E-state index in [0.717, 1.165) is 12.8 Å². The lowest BCUT2D eigenvalue weighted by Gasteiger charge is -2.06. The van der Waals surface area contributed by atoms with Crippen LogP contribution in [0.4, 0.5) is 15.8 Å². The number of aryl methyl sites for hydroxylation is 1. The molecule has 0 aliphatic heterocycles. The van der Waals surface area contributed by atoms with E-state index in [4.69, 9.17) is 0 Å². The number of nitrogens with zero attached hydrogens (tertiary/aromatic N) is 1. The zero-order valence-corrected chi connectivity index (χ0v) is 8.29. The first-order valence-corrected chi connectivity index (χ1v) is 4.79. The van der Waals surface area contributed by atoms with E-state index in [1.54, 1.807) is 0 Å². The second-order valence-electron chi connectivity index (χ2n) is 3.79. The standard InChI is InChI=1S/C10H11FN2O2/c1-6-4-10(13(14)15)9(5-8(6)11)12-7-2-3-7/h4-5,7,12H,2-3H2,1H3. The molecule has 1 aromatic carbocycles. The molecule has 1 saturated carbocycles. The number of nitro benzene ring substituents is 1. The molecule has 0 amide bonds. The topological polar surface area (TPSA) is 55.2 Å². The summed E-state index contributed by atoms with van der Waals surface area (Å²) in [4.78, 5) is 10.2. The van der Waals surface area contributed by atoms with Crippen molar-refractivity contribution in [3.05, 3.63) is 33.6 Å². The molecule has 0 radical (unpaired) electrons. The summed E-state index contributed by atoms with van der Waals surface area (Å²) in [6.07, 6.45) is 1.99. The Labute approximate surface area is 86.3 Å². The van der Waals surface area contributed by atoms with Gasteiger partial charge < -0.3 is 5.32 Å². The van der Waals surface area contributed by atoms with Crippen molar-refractivity contribution in [2.45, 2.75) is 25.8 Å². The highest BCUT2D eigenvalue weighted by molar-refractivity contribution is 5.63. The molecule has 0 heterocycles. The Bertz CT molecular complexity index is 416. The van der Waals surface area contributed by atoms with Crippen LogP contribution < -0.4 is 5.32 Å². The molecule has 15 heavy (non-hydrogen) atoms. The fourth-order valence-corrected chi connectivity index (χ4v) is 1.38. The van der Waals surface area contributed by atoms with Crippen molar-refractivity contribution in [3.8, 4) is 0 Å². The number of halogens is 1. The fraction of sp³-hybridized carbons (Fsp3) is 0.400. The Hall–Kier alpha value is -1.65. The van der Waals surface area contributed by atoms with E-state index in [-0.39, 0.29) is 17.4 Å². The first kappa shape index (κ1) is 9.89. The minimum atomic E-state index is -0.489. The number of hydrogen-bond acceptors (Lipinski definition) is 3. The summed E-state index contributed by atoms with van der Waals surface area (Å²) in [5, 5.41) is 13.7. The molecule has 0 aromatic heterocycles. The molecule has 5 heteroatoms. The molecule has 2 rings (SSSR count).